The fourth-order valence-corrected chi connectivity index (χ4v) is 1.39. The number of hydrogen-bond donors (Lipinski definition) is 2. The zero-order valence-electron chi connectivity index (χ0n) is 10.1. The number of nitrogens with zero attached hydrogens (tertiary/aromatic N) is 1. The van der Waals surface area contributed by atoms with Crippen molar-refractivity contribution >= 4 is 17.6 Å². The molecule has 0 heterocycles. The van der Waals surface area contributed by atoms with Gasteiger partial charge >= 0.3 is 6.03 Å². The second kappa shape index (κ2) is 6.52. The molecule has 92 valence electrons. The third-order valence-electron chi connectivity index (χ3n) is 2.31. The van der Waals surface area contributed by atoms with Crippen molar-refractivity contribution in [2.24, 2.45) is 0 Å². The van der Waals surface area contributed by atoms with Gasteiger partial charge < -0.3 is 10.6 Å². The highest BCUT2D eigenvalue weighted by Crippen LogP contribution is 2.12. The summed E-state index contributed by atoms with van der Waals surface area (Å²) in [6, 6.07) is 9.04. The van der Waals surface area contributed by atoms with Crippen LogP contribution in [-0.2, 0) is 4.79 Å². The molecular weight excluding hydrogens is 218 g/mol. The number of amides is 3. The van der Waals surface area contributed by atoms with Crippen molar-refractivity contribution < 1.29 is 9.59 Å². The first-order valence-corrected chi connectivity index (χ1v) is 5.50. The Morgan fingerprint density at radius 3 is 2.41 bits per heavy atom. The summed E-state index contributed by atoms with van der Waals surface area (Å²) < 4.78 is 0. The number of para-hydroxylation sites is 1. The lowest BCUT2D eigenvalue weighted by atomic mass is 10.3. The quantitative estimate of drug-likeness (QED) is 0.816. The van der Waals surface area contributed by atoms with Crippen LogP contribution in [0.15, 0.2) is 30.3 Å². The van der Waals surface area contributed by atoms with Gasteiger partial charge in [0.15, 0.2) is 0 Å². The molecule has 3 amide bonds. The number of nitrogens with one attached hydrogen (secondary N) is 2. The predicted octanol–water partition coefficient (Wildman–Crippen LogP) is 0.968. The second-order valence-electron chi connectivity index (χ2n) is 3.41. The number of anilines is 1. The van der Waals surface area contributed by atoms with Crippen molar-refractivity contribution in [2.45, 2.75) is 6.92 Å². The van der Waals surface area contributed by atoms with E-state index in [2.05, 4.69) is 10.6 Å². The molecule has 2 N–H and O–H groups in total. The van der Waals surface area contributed by atoms with Gasteiger partial charge in [-0.05, 0) is 19.1 Å². The van der Waals surface area contributed by atoms with E-state index < -0.39 is 0 Å². The fraction of sp³-hybridized carbons (Fsp3) is 0.333. The molecule has 0 fully saturated rings. The molecule has 0 aliphatic heterocycles. The number of benzene rings is 1. The van der Waals surface area contributed by atoms with E-state index in [-0.39, 0.29) is 18.5 Å². The minimum atomic E-state index is -0.276. The molecule has 1 aromatic rings. The zero-order chi connectivity index (χ0) is 12.7. The monoisotopic (exact) mass is 235 g/mol. The van der Waals surface area contributed by atoms with Gasteiger partial charge in [-0.1, -0.05) is 18.2 Å². The number of rotatable bonds is 4. The summed E-state index contributed by atoms with van der Waals surface area (Å²) in [5.41, 5.74) is 0.810. The molecule has 0 spiro atoms. The number of hydrogen-bond acceptors (Lipinski definition) is 2. The van der Waals surface area contributed by atoms with Gasteiger partial charge in [0.05, 0.1) is 6.54 Å². The molecule has 5 heteroatoms. The summed E-state index contributed by atoms with van der Waals surface area (Å²) in [5, 5.41) is 5.00. The van der Waals surface area contributed by atoms with E-state index in [0.717, 1.165) is 5.69 Å². The topological polar surface area (TPSA) is 61.4 Å². The van der Waals surface area contributed by atoms with Crippen LogP contribution in [0, 0.1) is 0 Å². The maximum atomic E-state index is 11.8. The lowest BCUT2D eigenvalue weighted by Crippen LogP contribution is -2.44. The van der Waals surface area contributed by atoms with Crippen LogP contribution in [0.4, 0.5) is 10.5 Å². The van der Waals surface area contributed by atoms with Crippen LogP contribution in [-0.4, -0.2) is 32.1 Å². The molecule has 17 heavy (non-hydrogen) atoms. The largest absolute Gasteiger partial charge is 0.358 e. The molecule has 0 atom stereocenters. The second-order valence-corrected chi connectivity index (χ2v) is 3.41. The van der Waals surface area contributed by atoms with Crippen LogP contribution < -0.4 is 15.5 Å². The molecule has 0 bridgehead atoms. The molecule has 0 aliphatic carbocycles. The van der Waals surface area contributed by atoms with Gasteiger partial charge in [0.25, 0.3) is 0 Å². The highest BCUT2D eigenvalue weighted by molar-refractivity contribution is 5.94. The van der Waals surface area contributed by atoms with Gasteiger partial charge in [-0.25, -0.2) is 4.79 Å². The smallest absolute Gasteiger partial charge is 0.322 e. The average molecular weight is 235 g/mol. The first-order chi connectivity index (χ1) is 8.19. The molecule has 0 aromatic heterocycles. The summed E-state index contributed by atoms with van der Waals surface area (Å²) in [7, 11) is 1.53. The van der Waals surface area contributed by atoms with Gasteiger partial charge in [0.2, 0.25) is 5.91 Å². The number of likely N-dealkylation sites (N-methyl/N-ethyl adjacent to an activating group) is 1. The Hall–Kier alpha value is -2.04. The molecule has 0 radical (unpaired) electrons. The Balaban J connectivity index is 2.62. The highest BCUT2D eigenvalue weighted by atomic mass is 16.2. The van der Waals surface area contributed by atoms with Crippen LogP contribution in [0.5, 0.6) is 0 Å². The number of urea groups is 1. The highest BCUT2D eigenvalue weighted by Gasteiger charge is 2.13. The van der Waals surface area contributed by atoms with E-state index in [0.29, 0.717) is 6.54 Å². The van der Waals surface area contributed by atoms with Crippen molar-refractivity contribution in [1.29, 1.82) is 0 Å². The molecule has 0 aliphatic rings. The standard InChI is InChI=1S/C12H17N3O2/c1-3-15(10-7-5-4-6-8-10)12(17)14-9-11(16)13-2/h4-8H,3,9H2,1-2H3,(H,13,16)(H,14,17). The fourth-order valence-electron chi connectivity index (χ4n) is 1.39. The molecule has 1 rings (SSSR count). The SMILES string of the molecule is CCN(C(=O)NCC(=O)NC)c1ccccc1. The maximum absolute atomic E-state index is 11.8. The third-order valence-corrected chi connectivity index (χ3v) is 2.31. The van der Waals surface area contributed by atoms with Crippen molar-refractivity contribution in [3.63, 3.8) is 0 Å². The Morgan fingerprint density at radius 2 is 1.88 bits per heavy atom. The van der Waals surface area contributed by atoms with E-state index in [1.54, 1.807) is 4.90 Å². The van der Waals surface area contributed by atoms with Crippen LogP contribution in [0.25, 0.3) is 0 Å². The molecule has 1 aromatic carbocycles. The minimum absolute atomic E-state index is 0.0152. The van der Waals surface area contributed by atoms with Crippen molar-refractivity contribution in [3.05, 3.63) is 30.3 Å². The van der Waals surface area contributed by atoms with Crippen LogP contribution in [0.3, 0.4) is 0 Å². The van der Waals surface area contributed by atoms with Gasteiger partial charge in [0, 0.05) is 19.3 Å². The summed E-state index contributed by atoms with van der Waals surface area (Å²) in [6.45, 7) is 2.41. The minimum Gasteiger partial charge on any atom is -0.358 e. The summed E-state index contributed by atoms with van der Waals surface area (Å²) >= 11 is 0. The van der Waals surface area contributed by atoms with Crippen LogP contribution in [0.1, 0.15) is 6.92 Å². The molecule has 5 nitrogen and oxygen atoms in total. The van der Waals surface area contributed by atoms with Gasteiger partial charge in [0.1, 0.15) is 0 Å². The summed E-state index contributed by atoms with van der Waals surface area (Å²) in [5.74, 6) is -0.220. The Labute approximate surface area is 101 Å². The summed E-state index contributed by atoms with van der Waals surface area (Å²) in [4.78, 5) is 24.4. The molecule has 0 saturated carbocycles. The Bertz CT molecular complexity index is 379. The normalized spacial score (nSPS) is 9.53. The van der Waals surface area contributed by atoms with E-state index in [1.165, 1.54) is 7.05 Å². The number of carbonyl (C=O) groups is 2. The average Bonchev–Trinajstić information content (AvgIpc) is 2.38. The van der Waals surface area contributed by atoms with Gasteiger partial charge in [-0.2, -0.15) is 0 Å². The van der Waals surface area contributed by atoms with Gasteiger partial charge in [-0.3, -0.25) is 9.69 Å². The first kappa shape index (κ1) is 13.0. The van der Waals surface area contributed by atoms with E-state index in [4.69, 9.17) is 0 Å². The predicted molar refractivity (Wildman–Crippen MR) is 66.9 cm³/mol. The first-order valence-electron chi connectivity index (χ1n) is 5.50. The Morgan fingerprint density at radius 1 is 1.24 bits per heavy atom. The van der Waals surface area contributed by atoms with Crippen molar-refractivity contribution in [2.75, 3.05) is 25.0 Å². The lowest BCUT2D eigenvalue weighted by molar-refractivity contribution is -0.119. The van der Waals surface area contributed by atoms with E-state index in [1.807, 2.05) is 37.3 Å². The molecule has 0 saturated heterocycles. The van der Waals surface area contributed by atoms with E-state index >= 15 is 0 Å². The number of carbonyl (C=O) groups excluding carboxylic acids is 2. The summed E-state index contributed by atoms with van der Waals surface area (Å²) in [6.07, 6.45) is 0. The zero-order valence-corrected chi connectivity index (χ0v) is 10.1. The van der Waals surface area contributed by atoms with E-state index in [9.17, 15) is 9.59 Å². The lowest BCUT2D eigenvalue weighted by Gasteiger charge is -2.21. The van der Waals surface area contributed by atoms with Crippen LogP contribution in [0.2, 0.25) is 0 Å². The van der Waals surface area contributed by atoms with Crippen molar-refractivity contribution in [3.8, 4) is 0 Å². The third kappa shape index (κ3) is 3.79. The van der Waals surface area contributed by atoms with Crippen LogP contribution >= 0.6 is 0 Å². The van der Waals surface area contributed by atoms with Gasteiger partial charge in [-0.15, -0.1) is 0 Å². The maximum Gasteiger partial charge on any atom is 0.322 e. The molecule has 0 unspecified atom stereocenters. The molecular formula is C12H17N3O2. The Kier molecular flexibility index (Phi) is 5.00. The van der Waals surface area contributed by atoms with Crippen molar-refractivity contribution in [1.82, 2.24) is 10.6 Å².